The highest BCUT2D eigenvalue weighted by atomic mass is 19.4. The molecular weight excluding hydrogens is 259 g/mol. The van der Waals surface area contributed by atoms with E-state index in [2.05, 4.69) is 5.32 Å². The van der Waals surface area contributed by atoms with Gasteiger partial charge in [0, 0.05) is 6.04 Å². The predicted octanol–water partition coefficient (Wildman–Crippen LogP) is 2.83. The van der Waals surface area contributed by atoms with E-state index in [4.69, 9.17) is 5.11 Å². The molecule has 0 aromatic heterocycles. The summed E-state index contributed by atoms with van der Waals surface area (Å²) in [5, 5.41) is 12.2. The number of halogens is 3. The Bertz CT molecular complexity index is 456. The van der Waals surface area contributed by atoms with E-state index in [1.807, 2.05) is 0 Å². The molecule has 1 aromatic carbocycles. The number of hydrogen-bond acceptors (Lipinski definition) is 2. The van der Waals surface area contributed by atoms with Crippen molar-refractivity contribution < 1.29 is 23.1 Å². The highest BCUT2D eigenvalue weighted by Gasteiger charge is 2.33. The summed E-state index contributed by atoms with van der Waals surface area (Å²) >= 11 is 0. The maximum atomic E-state index is 12.5. The SMILES string of the molecule is O=C(O)C1CCCNC1c1ccc(C(F)(F)F)cc1. The van der Waals surface area contributed by atoms with E-state index in [-0.39, 0.29) is 0 Å². The molecule has 1 heterocycles. The zero-order chi connectivity index (χ0) is 14.0. The van der Waals surface area contributed by atoms with Crippen LogP contribution in [-0.2, 0) is 11.0 Å². The Labute approximate surface area is 108 Å². The van der Waals surface area contributed by atoms with Gasteiger partial charge in [-0.3, -0.25) is 4.79 Å². The smallest absolute Gasteiger partial charge is 0.416 e. The standard InChI is InChI=1S/C13H14F3NO2/c14-13(15,16)9-5-3-8(4-6-9)11-10(12(18)19)2-1-7-17-11/h3-6,10-11,17H,1-2,7H2,(H,18,19). The molecule has 2 atom stereocenters. The predicted molar refractivity (Wildman–Crippen MR) is 62.5 cm³/mol. The number of alkyl halides is 3. The van der Waals surface area contributed by atoms with E-state index >= 15 is 0 Å². The van der Waals surface area contributed by atoms with Gasteiger partial charge in [-0.2, -0.15) is 13.2 Å². The fraction of sp³-hybridized carbons (Fsp3) is 0.462. The van der Waals surface area contributed by atoms with Crippen LogP contribution in [0.3, 0.4) is 0 Å². The van der Waals surface area contributed by atoms with Crippen molar-refractivity contribution in [2.24, 2.45) is 5.92 Å². The van der Waals surface area contributed by atoms with Gasteiger partial charge in [-0.1, -0.05) is 12.1 Å². The van der Waals surface area contributed by atoms with Crippen molar-refractivity contribution in [3.63, 3.8) is 0 Å². The molecule has 1 aromatic rings. The van der Waals surface area contributed by atoms with Crippen molar-refractivity contribution in [3.05, 3.63) is 35.4 Å². The molecular formula is C13H14F3NO2. The van der Waals surface area contributed by atoms with Gasteiger partial charge in [-0.25, -0.2) is 0 Å². The lowest BCUT2D eigenvalue weighted by Crippen LogP contribution is -2.38. The molecule has 0 aliphatic carbocycles. The summed E-state index contributed by atoms with van der Waals surface area (Å²) in [6, 6.07) is 4.26. The van der Waals surface area contributed by atoms with Crippen LogP contribution in [0.2, 0.25) is 0 Å². The summed E-state index contributed by atoms with van der Waals surface area (Å²) in [5.74, 6) is -1.51. The molecule has 2 N–H and O–H groups in total. The summed E-state index contributed by atoms with van der Waals surface area (Å²) in [7, 11) is 0. The quantitative estimate of drug-likeness (QED) is 0.871. The Morgan fingerprint density at radius 2 is 1.89 bits per heavy atom. The number of piperidine rings is 1. The molecule has 1 aliphatic heterocycles. The third-order valence-corrected chi connectivity index (χ3v) is 3.37. The first kappa shape index (κ1) is 13.9. The molecule has 2 rings (SSSR count). The second-order valence-corrected chi connectivity index (χ2v) is 4.64. The van der Waals surface area contributed by atoms with Crippen LogP contribution >= 0.6 is 0 Å². The molecule has 0 spiro atoms. The molecule has 1 aliphatic rings. The zero-order valence-electron chi connectivity index (χ0n) is 10.1. The lowest BCUT2D eigenvalue weighted by Gasteiger charge is -2.30. The minimum Gasteiger partial charge on any atom is -0.481 e. The van der Waals surface area contributed by atoms with Gasteiger partial charge in [0.05, 0.1) is 11.5 Å². The fourth-order valence-corrected chi connectivity index (χ4v) is 2.38. The molecule has 0 radical (unpaired) electrons. The summed E-state index contributed by atoms with van der Waals surface area (Å²) in [4.78, 5) is 11.1. The van der Waals surface area contributed by atoms with Gasteiger partial charge in [0.25, 0.3) is 0 Å². The number of rotatable bonds is 2. The summed E-state index contributed by atoms with van der Waals surface area (Å²) < 4.78 is 37.4. The average Bonchev–Trinajstić information content (AvgIpc) is 2.38. The van der Waals surface area contributed by atoms with E-state index in [9.17, 15) is 18.0 Å². The van der Waals surface area contributed by atoms with Crippen LogP contribution in [0, 0.1) is 5.92 Å². The molecule has 1 fully saturated rings. The van der Waals surface area contributed by atoms with Crippen molar-refractivity contribution >= 4 is 5.97 Å². The number of hydrogen-bond donors (Lipinski definition) is 2. The van der Waals surface area contributed by atoms with E-state index < -0.39 is 29.7 Å². The second-order valence-electron chi connectivity index (χ2n) is 4.64. The van der Waals surface area contributed by atoms with Crippen molar-refractivity contribution in [2.75, 3.05) is 6.54 Å². The summed E-state index contributed by atoms with van der Waals surface area (Å²) in [5.41, 5.74) is -0.140. The Balaban J connectivity index is 2.23. The van der Waals surface area contributed by atoms with Crippen LogP contribution in [0.25, 0.3) is 0 Å². The van der Waals surface area contributed by atoms with Crippen molar-refractivity contribution in [1.82, 2.24) is 5.32 Å². The van der Waals surface area contributed by atoms with Crippen LogP contribution in [0.1, 0.15) is 30.0 Å². The zero-order valence-corrected chi connectivity index (χ0v) is 10.1. The highest BCUT2D eigenvalue weighted by molar-refractivity contribution is 5.71. The maximum absolute atomic E-state index is 12.5. The van der Waals surface area contributed by atoms with Crippen LogP contribution in [0.4, 0.5) is 13.2 Å². The van der Waals surface area contributed by atoms with Crippen LogP contribution in [-0.4, -0.2) is 17.6 Å². The van der Waals surface area contributed by atoms with E-state index in [1.165, 1.54) is 12.1 Å². The van der Waals surface area contributed by atoms with Crippen molar-refractivity contribution in [1.29, 1.82) is 0 Å². The highest BCUT2D eigenvalue weighted by Crippen LogP contribution is 2.33. The minimum atomic E-state index is -4.37. The Kier molecular flexibility index (Phi) is 3.80. The van der Waals surface area contributed by atoms with Crippen LogP contribution in [0.5, 0.6) is 0 Å². The number of nitrogens with one attached hydrogen (secondary N) is 1. The minimum absolute atomic E-state index is 0.423. The van der Waals surface area contributed by atoms with Crippen molar-refractivity contribution in [3.8, 4) is 0 Å². The van der Waals surface area contributed by atoms with Gasteiger partial charge < -0.3 is 10.4 Å². The third kappa shape index (κ3) is 3.07. The van der Waals surface area contributed by atoms with Gasteiger partial charge in [0.15, 0.2) is 0 Å². The molecule has 0 amide bonds. The second kappa shape index (κ2) is 5.21. The average molecular weight is 273 g/mol. The Morgan fingerprint density at radius 3 is 2.42 bits per heavy atom. The van der Waals surface area contributed by atoms with Gasteiger partial charge in [-0.15, -0.1) is 0 Å². The maximum Gasteiger partial charge on any atom is 0.416 e. The molecule has 6 heteroatoms. The molecule has 2 unspecified atom stereocenters. The number of benzene rings is 1. The monoisotopic (exact) mass is 273 g/mol. The van der Waals surface area contributed by atoms with Gasteiger partial charge in [0.1, 0.15) is 0 Å². The van der Waals surface area contributed by atoms with Crippen LogP contribution in [0.15, 0.2) is 24.3 Å². The van der Waals surface area contributed by atoms with E-state index in [0.29, 0.717) is 18.5 Å². The third-order valence-electron chi connectivity index (χ3n) is 3.37. The first-order chi connectivity index (χ1) is 8.89. The number of carbonyl (C=O) groups is 1. The van der Waals surface area contributed by atoms with Gasteiger partial charge in [0.2, 0.25) is 0 Å². The normalized spacial score (nSPS) is 24.2. The Hall–Kier alpha value is -1.56. The summed E-state index contributed by atoms with van der Waals surface area (Å²) in [6.07, 6.45) is -3.08. The first-order valence-corrected chi connectivity index (χ1v) is 6.03. The van der Waals surface area contributed by atoms with Gasteiger partial charge >= 0.3 is 12.1 Å². The Morgan fingerprint density at radius 1 is 1.26 bits per heavy atom. The van der Waals surface area contributed by atoms with Crippen molar-refractivity contribution in [2.45, 2.75) is 25.1 Å². The molecule has 19 heavy (non-hydrogen) atoms. The number of carboxylic acid groups (broad SMARTS) is 1. The molecule has 0 saturated carbocycles. The molecule has 3 nitrogen and oxygen atoms in total. The molecule has 0 bridgehead atoms. The number of aliphatic carboxylic acids is 1. The first-order valence-electron chi connectivity index (χ1n) is 6.03. The van der Waals surface area contributed by atoms with Gasteiger partial charge in [-0.05, 0) is 37.1 Å². The molecule has 1 saturated heterocycles. The summed E-state index contributed by atoms with van der Waals surface area (Å²) in [6.45, 7) is 0.676. The van der Waals surface area contributed by atoms with Crippen LogP contribution < -0.4 is 5.32 Å². The topological polar surface area (TPSA) is 49.3 Å². The van der Waals surface area contributed by atoms with E-state index in [0.717, 1.165) is 18.6 Å². The fourth-order valence-electron chi connectivity index (χ4n) is 2.38. The number of carboxylic acids is 1. The van der Waals surface area contributed by atoms with E-state index in [1.54, 1.807) is 0 Å². The molecule has 104 valence electrons. The lowest BCUT2D eigenvalue weighted by atomic mass is 9.86. The largest absolute Gasteiger partial charge is 0.481 e. The lowest BCUT2D eigenvalue weighted by molar-refractivity contribution is -0.144.